The molecule has 2 amide bonds. The molecule has 4 atom stereocenters. The summed E-state index contributed by atoms with van der Waals surface area (Å²) in [5, 5.41) is 5.28. The summed E-state index contributed by atoms with van der Waals surface area (Å²) in [5.41, 5.74) is 0.790. The number of carbonyl (C=O) groups is 2. The van der Waals surface area contributed by atoms with Gasteiger partial charge in [0.05, 0.1) is 23.3 Å². The summed E-state index contributed by atoms with van der Waals surface area (Å²) in [7, 11) is 0. The highest BCUT2D eigenvalue weighted by Gasteiger charge is 2.48. The molecule has 2 aliphatic rings. The van der Waals surface area contributed by atoms with Crippen molar-refractivity contribution in [1.29, 1.82) is 0 Å². The van der Waals surface area contributed by atoms with E-state index in [-0.39, 0.29) is 30.2 Å². The molecule has 5 nitrogen and oxygen atoms in total. The number of nitrogens with zero attached hydrogens (tertiary/aromatic N) is 2. The number of benzene rings is 1. The van der Waals surface area contributed by atoms with Gasteiger partial charge in [-0.1, -0.05) is 44.9 Å². The molecule has 1 aliphatic heterocycles. The quantitative estimate of drug-likeness (QED) is 0.574. The Balaban J connectivity index is 1.54. The van der Waals surface area contributed by atoms with Gasteiger partial charge in [-0.05, 0) is 48.8 Å². The fourth-order valence-corrected chi connectivity index (χ4v) is 6.25. The van der Waals surface area contributed by atoms with Crippen molar-refractivity contribution in [3.63, 3.8) is 0 Å². The highest BCUT2D eigenvalue weighted by molar-refractivity contribution is 7.17. The lowest BCUT2D eigenvalue weighted by atomic mass is 9.77. The van der Waals surface area contributed by atoms with Gasteiger partial charge in [-0.3, -0.25) is 9.59 Å². The third-order valence-corrected chi connectivity index (χ3v) is 8.70. The summed E-state index contributed by atoms with van der Waals surface area (Å²) in [5.74, 6) is 0.137. The number of nitrogens with one attached hydrogen (secondary N) is 1. The van der Waals surface area contributed by atoms with E-state index in [1.165, 1.54) is 12.5 Å². The third kappa shape index (κ3) is 3.66. The largest absolute Gasteiger partial charge is 0.351 e. The molecule has 1 fully saturated rings. The second-order valence-corrected chi connectivity index (χ2v) is 10.8. The van der Waals surface area contributed by atoms with Crippen LogP contribution in [0.25, 0.3) is 10.2 Å². The van der Waals surface area contributed by atoms with E-state index in [4.69, 9.17) is 0 Å². The molecule has 3 aromatic rings. The smallest absolute Gasteiger partial charge is 0.271 e. The maximum atomic E-state index is 14.6. The van der Waals surface area contributed by atoms with Crippen LogP contribution in [0.4, 0.5) is 4.39 Å². The number of aromatic nitrogens is 1. The van der Waals surface area contributed by atoms with Gasteiger partial charge in [0.25, 0.3) is 5.91 Å². The molecule has 33 heavy (non-hydrogen) atoms. The molecule has 3 heterocycles. The summed E-state index contributed by atoms with van der Waals surface area (Å²) in [6, 6.07) is 10.4. The van der Waals surface area contributed by atoms with Crippen LogP contribution in [0.3, 0.4) is 0 Å². The Morgan fingerprint density at radius 3 is 2.82 bits per heavy atom. The number of fused-ring (bicyclic) bond motifs is 3. The van der Waals surface area contributed by atoms with Crippen LogP contribution in [0.2, 0.25) is 0 Å². The van der Waals surface area contributed by atoms with Gasteiger partial charge < -0.3 is 14.8 Å². The molecule has 0 spiro atoms. The van der Waals surface area contributed by atoms with Gasteiger partial charge in [-0.25, -0.2) is 4.39 Å². The minimum Gasteiger partial charge on any atom is -0.351 e. The fraction of sp³-hybridized carbons (Fsp3) is 0.462. The van der Waals surface area contributed by atoms with Crippen LogP contribution >= 0.6 is 11.3 Å². The van der Waals surface area contributed by atoms with E-state index in [2.05, 4.69) is 19.2 Å². The summed E-state index contributed by atoms with van der Waals surface area (Å²) < 4.78 is 17.5. The second-order valence-electron chi connectivity index (χ2n) is 9.89. The average molecular weight is 468 g/mol. The van der Waals surface area contributed by atoms with Crippen LogP contribution in [0.1, 0.15) is 56.1 Å². The van der Waals surface area contributed by atoms with Crippen LogP contribution < -0.4 is 5.32 Å². The van der Waals surface area contributed by atoms with Crippen molar-refractivity contribution < 1.29 is 14.0 Å². The molecule has 0 unspecified atom stereocenters. The summed E-state index contributed by atoms with van der Waals surface area (Å²) in [6.07, 6.45) is 3.20. The van der Waals surface area contributed by atoms with E-state index in [9.17, 15) is 14.0 Å². The first kappa shape index (κ1) is 22.1. The Hall–Kier alpha value is -2.67. The zero-order chi connectivity index (χ0) is 23.3. The number of hydrogen-bond donors (Lipinski definition) is 1. The third-order valence-electron chi connectivity index (χ3n) is 7.85. The van der Waals surface area contributed by atoms with Crippen molar-refractivity contribution in [2.45, 2.75) is 64.7 Å². The lowest BCUT2D eigenvalue weighted by molar-refractivity contribution is -0.134. The Morgan fingerprint density at radius 1 is 1.24 bits per heavy atom. The Bertz CT molecular complexity index is 1220. The second kappa shape index (κ2) is 8.28. The minimum absolute atomic E-state index is 0.0465. The molecule has 1 aliphatic carbocycles. The molecule has 0 bridgehead atoms. The SMILES string of the molecule is C[C@@H]1[C@H](C)CCC[C@@H]1NC(=O)[C@@]1(C)Cn2c(cc3sccc32)C(=O)N1Cc1ccccc1F. The molecule has 0 radical (unpaired) electrons. The van der Waals surface area contributed by atoms with Gasteiger partial charge in [-0.15, -0.1) is 11.3 Å². The van der Waals surface area contributed by atoms with E-state index in [1.54, 1.807) is 34.4 Å². The summed E-state index contributed by atoms with van der Waals surface area (Å²) >= 11 is 1.58. The number of amides is 2. The van der Waals surface area contributed by atoms with Crippen molar-refractivity contribution in [3.8, 4) is 0 Å². The maximum absolute atomic E-state index is 14.6. The van der Waals surface area contributed by atoms with Crippen molar-refractivity contribution in [1.82, 2.24) is 14.8 Å². The van der Waals surface area contributed by atoms with Crippen LogP contribution in [0.5, 0.6) is 0 Å². The lowest BCUT2D eigenvalue weighted by Gasteiger charge is -2.45. The number of thiophene rings is 1. The highest BCUT2D eigenvalue weighted by Crippen LogP contribution is 2.36. The summed E-state index contributed by atoms with van der Waals surface area (Å²) in [6.45, 7) is 6.63. The van der Waals surface area contributed by atoms with Crippen LogP contribution in [-0.2, 0) is 17.9 Å². The maximum Gasteiger partial charge on any atom is 0.271 e. The Morgan fingerprint density at radius 2 is 2.03 bits per heavy atom. The molecule has 1 aromatic carbocycles. The van der Waals surface area contributed by atoms with E-state index < -0.39 is 5.54 Å². The molecule has 1 saturated carbocycles. The standard InChI is InChI=1S/C26H30FN3O2S/c1-16-7-6-10-20(17(16)2)28-25(32)26(3)15-29-21-11-12-33-23(21)13-22(29)24(31)30(26)14-18-8-4-5-9-19(18)27/h4-5,8-9,11-13,16-17,20H,6-7,10,14-15H2,1-3H3,(H,28,32)/t16-,17-,20+,26-/m1/s1. The molecular weight excluding hydrogens is 437 g/mol. The van der Waals surface area contributed by atoms with E-state index in [0.717, 1.165) is 23.1 Å². The van der Waals surface area contributed by atoms with Crippen molar-refractivity contribution in [2.75, 3.05) is 0 Å². The molecule has 2 aromatic heterocycles. The van der Waals surface area contributed by atoms with Crippen molar-refractivity contribution in [2.24, 2.45) is 11.8 Å². The minimum atomic E-state index is -1.14. The van der Waals surface area contributed by atoms with Gasteiger partial charge in [-0.2, -0.15) is 0 Å². The van der Waals surface area contributed by atoms with Crippen LogP contribution in [0, 0.1) is 17.7 Å². The van der Waals surface area contributed by atoms with E-state index in [0.29, 0.717) is 29.6 Å². The molecule has 5 rings (SSSR count). The first-order valence-corrected chi connectivity index (χ1v) is 12.6. The van der Waals surface area contributed by atoms with E-state index >= 15 is 0 Å². The van der Waals surface area contributed by atoms with Gasteiger partial charge in [0.15, 0.2) is 0 Å². The Labute approximate surface area is 197 Å². The van der Waals surface area contributed by atoms with Crippen LogP contribution in [0.15, 0.2) is 41.8 Å². The molecule has 7 heteroatoms. The van der Waals surface area contributed by atoms with Crippen molar-refractivity contribution in [3.05, 3.63) is 58.9 Å². The van der Waals surface area contributed by atoms with Gasteiger partial charge in [0.1, 0.15) is 17.1 Å². The average Bonchev–Trinajstić information content (AvgIpc) is 3.38. The topological polar surface area (TPSA) is 54.3 Å². The first-order chi connectivity index (χ1) is 15.8. The van der Waals surface area contributed by atoms with Gasteiger partial charge in [0.2, 0.25) is 5.91 Å². The molecule has 174 valence electrons. The zero-order valence-electron chi connectivity index (χ0n) is 19.3. The van der Waals surface area contributed by atoms with E-state index in [1.807, 2.05) is 29.0 Å². The fourth-order valence-electron chi connectivity index (χ4n) is 5.43. The zero-order valence-corrected chi connectivity index (χ0v) is 20.1. The molecule has 0 saturated heterocycles. The predicted molar refractivity (Wildman–Crippen MR) is 129 cm³/mol. The summed E-state index contributed by atoms with van der Waals surface area (Å²) in [4.78, 5) is 29.2. The normalized spacial score (nSPS) is 27.6. The lowest BCUT2D eigenvalue weighted by Crippen LogP contribution is -2.65. The monoisotopic (exact) mass is 467 g/mol. The van der Waals surface area contributed by atoms with Crippen molar-refractivity contribution >= 4 is 33.4 Å². The van der Waals surface area contributed by atoms with Gasteiger partial charge in [0, 0.05) is 11.6 Å². The number of carbonyl (C=O) groups excluding carboxylic acids is 2. The first-order valence-electron chi connectivity index (χ1n) is 11.7. The highest BCUT2D eigenvalue weighted by atomic mass is 32.1. The Kier molecular flexibility index (Phi) is 5.55. The van der Waals surface area contributed by atoms with Crippen LogP contribution in [-0.4, -0.2) is 32.9 Å². The van der Waals surface area contributed by atoms with Gasteiger partial charge >= 0.3 is 0 Å². The number of hydrogen-bond acceptors (Lipinski definition) is 3. The molecular formula is C26H30FN3O2S. The predicted octanol–water partition coefficient (Wildman–Crippen LogP) is 5.20. The number of rotatable bonds is 4. The number of halogens is 1. The molecule has 1 N–H and O–H groups in total.